The lowest BCUT2D eigenvalue weighted by atomic mass is 9.77. The zero-order valence-electron chi connectivity index (χ0n) is 12.4. The van der Waals surface area contributed by atoms with Crippen molar-refractivity contribution in [3.63, 3.8) is 0 Å². The number of aliphatic hydroxyl groups is 1. The molecule has 1 fully saturated rings. The van der Waals surface area contributed by atoms with Crippen LogP contribution in [0.1, 0.15) is 49.2 Å². The number of hydrogen-bond donors (Lipinski definition) is 3. The van der Waals surface area contributed by atoms with E-state index in [2.05, 4.69) is 17.6 Å². The molecule has 0 saturated heterocycles. The average molecular weight is 310 g/mol. The minimum atomic E-state index is -0.507. The molecule has 0 aromatic carbocycles. The lowest BCUT2D eigenvalue weighted by Crippen LogP contribution is -2.53. The second-order valence-electron chi connectivity index (χ2n) is 5.94. The van der Waals surface area contributed by atoms with Crippen LogP contribution < -0.4 is 10.6 Å². The Hall–Kier alpha value is -1.40. The molecule has 1 aromatic heterocycles. The fourth-order valence-electron chi connectivity index (χ4n) is 2.96. The van der Waals surface area contributed by atoms with Crippen LogP contribution in [-0.2, 0) is 4.79 Å². The normalized spacial score (nSPS) is 25.4. The summed E-state index contributed by atoms with van der Waals surface area (Å²) in [5.74, 6) is 0.168. The predicted octanol–water partition coefficient (Wildman–Crippen LogP) is 2.38. The second-order valence-corrected chi connectivity index (χ2v) is 7.02. The molecule has 2 rings (SSSR count). The number of hydrogen-bond acceptors (Lipinski definition) is 4. The van der Waals surface area contributed by atoms with E-state index in [-0.39, 0.29) is 18.4 Å². The Morgan fingerprint density at radius 3 is 2.86 bits per heavy atom. The summed E-state index contributed by atoms with van der Waals surface area (Å²) in [5.41, 5.74) is -0.507. The summed E-state index contributed by atoms with van der Waals surface area (Å²) in [6.45, 7) is 3.55. The number of anilines is 1. The van der Waals surface area contributed by atoms with Gasteiger partial charge in [0.2, 0.25) is 5.91 Å². The summed E-state index contributed by atoms with van der Waals surface area (Å²) in [5, 5.41) is 16.0. The number of amides is 2. The molecule has 2 unspecified atom stereocenters. The lowest BCUT2D eigenvalue weighted by molar-refractivity contribution is -0.114. The van der Waals surface area contributed by atoms with Crippen molar-refractivity contribution >= 4 is 28.2 Å². The van der Waals surface area contributed by atoms with Gasteiger partial charge in [-0.2, -0.15) is 0 Å². The van der Waals surface area contributed by atoms with Crippen molar-refractivity contribution in [3.8, 4) is 0 Å². The third kappa shape index (κ3) is 4.04. The number of carbonyl (C=O) groups excluding carboxylic acids is 2. The van der Waals surface area contributed by atoms with Gasteiger partial charge in [-0.15, -0.1) is 11.3 Å². The van der Waals surface area contributed by atoms with Crippen LogP contribution in [0.25, 0.3) is 0 Å². The van der Waals surface area contributed by atoms with Gasteiger partial charge in [0.15, 0.2) is 0 Å². The van der Waals surface area contributed by atoms with Crippen molar-refractivity contribution in [1.82, 2.24) is 5.32 Å². The maximum atomic E-state index is 12.4. The molecule has 2 amide bonds. The highest BCUT2D eigenvalue weighted by Crippen LogP contribution is 2.32. The summed E-state index contributed by atoms with van der Waals surface area (Å²) in [6, 6.07) is 3.42. The zero-order valence-corrected chi connectivity index (χ0v) is 13.3. The van der Waals surface area contributed by atoms with Gasteiger partial charge in [0.1, 0.15) is 0 Å². The first-order valence-electron chi connectivity index (χ1n) is 7.25. The van der Waals surface area contributed by atoms with Crippen molar-refractivity contribution in [3.05, 3.63) is 17.0 Å². The molecule has 1 aliphatic rings. The van der Waals surface area contributed by atoms with Crippen molar-refractivity contribution in [1.29, 1.82) is 0 Å². The molecule has 2 atom stereocenters. The smallest absolute Gasteiger partial charge is 0.261 e. The highest BCUT2D eigenvalue weighted by molar-refractivity contribution is 7.18. The molecule has 21 heavy (non-hydrogen) atoms. The van der Waals surface area contributed by atoms with Crippen molar-refractivity contribution in [2.24, 2.45) is 5.92 Å². The Kier molecular flexibility index (Phi) is 5.00. The van der Waals surface area contributed by atoms with Crippen molar-refractivity contribution in [2.75, 3.05) is 11.9 Å². The topological polar surface area (TPSA) is 78.4 Å². The summed E-state index contributed by atoms with van der Waals surface area (Å²) >= 11 is 1.24. The van der Waals surface area contributed by atoms with Gasteiger partial charge in [0.25, 0.3) is 5.91 Å². The van der Waals surface area contributed by atoms with Crippen LogP contribution in [0.3, 0.4) is 0 Å². The molecule has 1 saturated carbocycles. The maximum Gasteiger partial charge on any atom is 0.261 e. The van der Waals surface area contributed by atoms with Crippen molar-refractivity contribution < 1.29 is 14.7 Å². The number of nitrogens with one attached hydrogen (secondary N) is 2. The Morgan fingerprint density at radius 2 is 2.24 bits per heavy atom. The minimum absolute atomic E-state index is 0.0347. The monoisotopic (exact) mass is 310 g/mol. The van der Waals surface area contributed by atoms with Gasteiger partial charge >= 0.3 is 0 Å². The summed E-state index contributed by atoms with van der Waals surface area (Å²) in [4.78, 5) is 23.9. The van der Waals surface area contributed by atoms with Crippen LogP contribution in [0.4, 0.5) is 5.00 Å². The molecule has 1 heterocycles. The number of thiophene rings is 1. The van der Waals surface area contributed by atoms with Gasteiger partial charge in [-0.25, -0.2) is 0 Å². The Morgan fingerprint density at radius 1 is 1.48 bits per heavy atom. The first-order valence-corrected chi connectivity index (χ1v) is 8.06. The number of aliphatic hydroxyl groups excluding tert-OH is 1. The van der Waals surface area contributed by atoms with Gasteiger partial charge in [-0.1, -0.05) is 19.8 Å². The second kappa shape index (κ2) is 6.58. The summed E-state index contributed by atoms with van der Waals surface area (Å²) < 4.78 is 0. The molecule has 0 bridgehead atoms. The summed E-state index contributed by atoms with van der Waals surface area (Å²) in [7, 11) is 0. The first kappa shape index (κ1) is 16.0. The van der Waals surface area contributed by atoms with E-state index in [9.17, 15) is 14.7 Å². The molecule has 0 spiro atoms. The van der Waals surface area contributed by atoms with Gasteiger partial charge < -0.3 is 15.7 Å². The average Bonchev–Trinajstić information content (AvgIpc) is 2.86. The fraction of sp³-hybridized carbons (Fsp3) is 0.600. The molecule has 1 aromatic rings. The number of rotatable bonds is 4. The molecule has 0 radical (unpaired) electrons. The van der Waals surface area contributed by atoms with Crippen LogP contribution in [0.2, 0.25) is 0 Å². The van der Waals surface area contributed by atoms with E-state index in [1.165, 1.54) is 18.3 Å². The van der Waals surface area contributed by atoms with E-state index < -0.39 is 5.54 Å². The maximum absolute atomic E-state index is 12.4. The van der Waals surface area contributed by atoms with Crippen LogP contribution >= 0.6 is 11.3 Å². The summed E-state index contributed by atoms with van der Waals surface area (Å²) in [6.07, 6.45) is 3.77. The zero-order chi connectivity index (χ0) is 15.5. The van der Waals surface area contributed by atoms with Gasteiger partial charge in [0, 0.05) is 6.92 Å². The minimum Gasteiger partial charge on any atom is -0.394 e. The third-order valence-corrected chi connectivity index (χ3v) is 4.90. The van der Waals surface area contributed by atoms with Crippen LogP contribution in [-0.4, -0.2) is 29.1 Å². The predicted molar refractivity (Wildman–Crippen MR) is 83.5 cm³/mol. The Balaban J connectivity index is 2.05. The molecular formula is C15H22N2O3S. The molecule has 5 nitrogen and oxygen atoms in total. The SMILES string of the molecule is CC(=O)Nc1ccc(C(=O)NC2(CO)CCCC(C)C2)s1. The molecule has 0 aliphatic heterocycles. The van der Waals surface area contributed by atoms with Crippen LogP contribution in [0, 0.1) is 5.92 Å². The van der Waals surface area contributed by atoms with Gasteiger partial charge in [0.05, 0.1) is 22.0 Å². The van der Waals surface area contributed by atoms with Gasteiger partial charge in [-0.05, 0) is 30.9 Å². The fourth-order valence-corrected chi connectivity index (χ4v) is 3.81. The first-order chi connectivity index (χ1) is 9.94. The van der Waals surface area contributed by atoms with Crippen LogP contribution in [0.5, 0.6) is 0 Å². The van der Waals surface area contributed by atoms with E-state index in [1.54, 1.807) is 12.1 Å². The van der Waals surface area contributed by atoms with E-state index >= 15 is 0 Å². The largest absolute Gasteiger partial charge is 0.394 e. The molecule has 116 valence electrons. The van der Waals surface area contributed by atoms with E-state index in [0.29, 0.717) is 15.8 Å². The van der Waals surface area contributed by atoms with Gasteiger partial charge in [-0.3, -0.25) is 9.59 Å². The Labute approximate surface area is 128 Å². The van der Waals surface area contributed by atoms with Crippen molar-refractivity contribution in [2.45, 2.75) is 45.1 Å². The standard InChI is InChI=1S/C15H22N2O3S/c1-10-4-3-7-15(8-10,9-18)17-14(20)12-5-6-13(21-12)16-11(2)19/h5-6,10,18H,3-4,7-9H2,1-2H3,(H,16,19)(H,17,20). The highest BCUT2D eigenvalue weighted by Gasteiger charge is 2.36. The Bertz CT molecular complexity index is 529. The molecule has 3 N–H and O–H groups in total. The van der Waals surface area contributed by atoms with E-state index in [0.717, 1.165) is 25.7 Å². The quantitative estimate of drug-likeness (QED) is 0.799. The van der Waals surface area contributed by atoms with Crippen LogP contribution in [0.15, 0.2) is 12.1 Å². The third-order valence-electron chi connectivity index (χ3n) is 3.90. The number of carbonyl (C=O) groups is 2. The highest BCUT2D eigenvalue weighted by atomic mass is 32.1. The molecule has 6 heteroatoms. The molecular weight excluding hydrogens is 288 g/mol. The lowest BCUT2D eigenvalue weighted by Gasteiger charge is -2.39. The van der Waals surface area contributed by atoms with E-state index in [1.807, 2.05) is 0 Å². The molecule has 1 aliphatic carbocycles. The van der Waals surface area contributed by atoms with E-state index in [4.69, 9.17) is 0 Å².